The monoisotopic (exact) mass is 111 g/mol. The number of hydrogen-bond acceptors (Lipinski definition) is 4. The van der Waals surface area contributed by atoms with E-state index in [1.54, 1.807) is 0 Å². The summed E-state index contributed by atoms with van der Waals surface area (Å²) in [6, 6.07) is 0. The van der Waals surface area contributed by atoms with E-state index in [4.69, 9.17) is 5.41 Å². The van der Waals surface area contributed by atoms with E-state index in [-0.39, 0.29) is 17.1 Å². The molecule has 5 heteroatoms. The first kappa shape index (κ1) is 3.59. The summed E-state index contributed by atoms with van der Waals surface area (Å²) in [5.74, 6) is -0.221. The molecular formula is C3HN3O2. The summed E-state index contributed by atoms with van der Waals surface area (Å²) in [5, 5.41) is 20.3. The van der Waals surface area contributed by atoms with Gasteiger partial charge in [0.1, 0.15) is 0 Å². The number of nitrogens with zero attached hydrogens (tertiary/aromatic N) is 2. The Hall–Kier alpha value is -1.39. The van der Waals surface area contributed by atoms with Crippen molar-refractivity contribution in [1.82, 2.24) is 5.27 Å². The Morgan fingerprint density at radius 1 is 1.75 bits per heavy atom. The SMILES string of the molecule is N=c1on[n+]2c([O-])c1-2. The normalized spacial score (nSPS) is 11.5. The Balaban J connectivity index is 2.90. The number of hydrogen-bond donors (Lipinski definition) is 1. The van der Waals surface area contributed by atoms with Crippen LogP contribution in [-0.2, 0) is 0 Å². The third-order valence-electron chi connectivity index (χ3n) is 0.986. The van der Waals surface area contributed by atoms with Gasteiger partial charge in [0.05, 0.1) is 0 Å². The molecule has 0 fully saturated rings. The van der Waals surface area contributed by atoms with Crippen molar-refractivity contribution in [3.8, 4) is 11.6 Å². The van der Waals surface area contributed by atoms with Gasteiger partial charge in [-0.2, -0.15) is 0 Å². The van der Waals surface area contributed by atoms with Crippen LogP contribution in [0.2, 0.25) is 0 Å². The minimum atomic E-state index is -0.221. The van der Waals surface area contributed by atoms with Crippen LogP contribution < -0.4 is 15.3 Å². The molecular weight excluding hydrogens is 110 g/mol. The Bertz CT molecular complexity index is 302. The van der Waals surface area contributed by atoms with E-state index >= 15 is 0 Å². The predicted octanol–water partition coefficient (Wildman–Crippen LogP) is -2.18. The third kappa shape index (κ3) is 0.194. The van der Waals surface area contributed by atoms with E-state index < -0.39 is 0 Å². The molecule has 0 aliphatic carbocycles. The van der Waals surface area contributed by atoms with E-state index in [9.17, 15) is 5.11 Å². The Kier molecular flexibility index (Phi) is 0.337. The van der Waals surface area contributed by atoms with Gasteiger partial charge in [0.15, 0.2) is 0 Å². The van der Waals surface area contributed by atoms with Gasteiger partial charge in [-0.05, 0) is 4.68 Å². The van der Waals surface area contributed by atoms with E-state index in [0.717, 1.165) is 4.68 Å². The molecule has 0 atom stereocenters. The molecule has 0 saturated carbocycles. The van der Waals surface area contributed by atoms with Crippen molar-refractivity contribution >= 4 is 0 Å². The maximum Gasteiger partial charge on any atom is 0.364 e. The first-order valence-corrected chi connectivity index (χ1v) is 1.99. The molecule has 2 aliphatic rings. The van der Waals surface area contributed by atoms with Crippen molar-refractivity contribution in [2.24, 2.45) is 0 Å². The summed E-state index contributed by atoms with van der Waals surface area (Å²) >= 11 is 0. The van der Waals surface area contributed by atoms with Gasteiger partial charge < -0.3 is 5.11 Å². The second-order valence-electron chi connectivity index (χ2n) is 1.47. The summed E-state index contributed by atoms with van der Waals surface area (Å²) in [6.07, 6.45) is 0. The summed E-state index contributed by atoms with van der Waals surface area (Å²) in [5.41, 5.74) is 0.125. The quantitative estimate of drug-likeness (QED) is 0.392. The van der Waals surface area contributed by atoms with Gasteiger partial charge in [0.25, 0.3) is 5.88 Å². The van der Waals surface area contributed by atoms with Crippen LogP contribution in [0.15, 0.2) is 4.52 Å². The van der Waals surface area contributed by atoms with Crippen LogP contribution in [0.1, 0.15) is 0 Å². The Labute approximate surface area is 43.3 Å². The molecule has 0 saturated heterocycles. The summed E-state index contributed by atoms with van der Waals surface area (Å²) < 4.78 is 5.31. The maximum atomic E-state index is 10.3. The van der Waals surface area contributed by atoms with E-state index in [2.05, 4.69) is 9.79 Å². The number of nitrogens with one attached hydrogen (secondary N) is 1. The highest BCUT2D eigenvalue weighted by Gasteiger charge is 2.38. The van der Waals surface area contributed by atoms with Crippen molar-refractivity contribution in [3.63, 3.8) is 0 Å². The van der Waals surface area contributed by atoms with Crippen molar-refractivity contribution in [2.45, 2.75) is 0 Å². The zero-order valence-corrected chi connectivity index (χ0v) is 3.71. The summed E-state index contributed by atoms with van der Waals surface area (Å²) in [4.78, 5) is 0. The van der Waals surface area contributed by atoms with Crippen LogP contribution in [-0.4, -0.2) is 5.27 Å². The van der Waals surface area contributed by atoms with Gasteiger partial charge in [-0.25, -0.2) is 0 Å². The lowest BCUT2D eigenvalue weighted by Crippen LogP contribution is -2.15. The Morgan fingerprint density at radius 2 is 2.50 bits per heavy atom. The Morgan fingerprint density at radius 3 is 2.75 bits per heavy atom. The lowest BCUT2D eigenvalue weighted by molar-refractivity contribution is -0.637. The molecule has 0 bridgehead atoms. The van der Waals surface area contributed by atoms with Crippen LogP contribution >= 0.6 is 0 Å². The highest BCUT2D eigenvalue weighted by Crippen LogP contribution is 2.12. The van der Waals surface area contributed by atoms with Gasteiger partial charge in [0.2, 0.25) is 5.27 Å². The predicted molar refractivity (Wildman–Crippen MR) is 16.9 cm³/mol. The molecule has 0 spiro atoms. The molecule has 0 radical (unpaired) electrons. The topological polar surface area (TPSA) is 76.8 Å². The fraction of sp³-hybridized carbons (Fsp3) is 0. The zero-order chi connectivity index (χ0) is 5.72. The summed E-state index contributed by atoms with van der Waals surface area (Å²) in [7, 11) is 0. The van der Waals surface area contributed by atoms with Gasteiger partial charge in [-0.15, -0.1) is 0 Å². The van der Waals surface area contributed by atoms with E-state index in [0.29, 0.717) is 0 Å². The maximum absolute atomic E-state index is 10.3. The molecule has 8 heavy (non-hydrogen) atoms. The molecule has 40 valence electrons. The largest absolute Gasteiger partial charge is 0.816 e. The van der Waals surface area contributed by atoms with Crippen molar-refractivity contribution < 1.29 is 14.3 Å². The standard InChI is InChI=1S/C3HN3O2/c4-2-1-3(7)6(1)5-8-2/h(H-,4,5,7). The van der Waals surface area contributed by atoms with E-state index in [1.165, 1.54) is 0 Å². The molecule has 0 amide bonds. The van der Waals surface area contributed by atoms with Crippen molar-refractivity contribution in [2.75, 3.05) is 0 Å². The smallest absolute Gasteiger partial charge is 0.364 e. The van der Waals surface area contributed by atoms with E-state index in [1.807, 2.05) is 0 Å². The fourth-order valence-corrected chi connectivity index (χ4v) is 0.537. The highest BCUT2D eigenvalue weighted by atomic mass is 16.5. The molecule has 5 nitrogen and oxygen atoms in total. The first-order chi connectivity index (χ1) is 3.80. The second-order valence-corrected chi connectivity index (χ2v) is 1.47. The average molecular weight is 111 g/mol. The highest BCUT2D eigenvalue weighted by molar-refractivity contribution is 5.31. The molecule has 0 unspecified atom stereocenters. The summed E-state index contributed by atoms with van der Waals surface area (Å²) in [6.45, 7) is 0. The van der Waals surface area contributed by atoms with Crippen LogP contribution in [0, 0.1) is 5.41 Å². The lowest BCUT2D eigenvalue weighted by Gasteiger charge is -1.64. The first-order valence-electron chi connectivity index (χ1n) is 1.99. The van der Waals surface area contributed by atoms with Crippen LogP contribution in [0.25, 0.3) is 5.69 Å². The van der Waals surface area contributed by atoms with Crippen LogP contribution in [0.4, 0.5) is 0 Å². The van der Waals surface area contributed by atoms with Crippen LogP contribution in [0.5, 0.6) is 5.88 Å². The number of fused-ring (bicyclic) bond motifs is 1. The molecule has 2 aliphatic heterocycles. The minimum Gasteiger partial charge on any atom is -0.816 e. The van der Waals surface area contributed by atoms with Gasteiger partial charge >= 0.3 is 11.2 Å². The third-order valence-corrected chi connectivity index (χ3v) is 0.986. The molecule has 2 rings (SSSR count). The van der Waals surface area contributed by atoms with Crippen molar-refractivity contribution in [3.05, 3.63) is 5.55 Å². The lowest BCUT2D eigenvalue weighted by atomic mass is 10.7. The second kappa shape index (κ2) is 0.750. The van der Waals surface area contributed by atoms with Gasteiger partial charge in [-0.1, -0.05) is 0 Å². The van der Waals surface area contributed by atoms with Crippen LogP contribution in [0.3, 0.4) is 0 Å². The van der Waals surface area contributed by atoms with Crippen molar-refractivity contribution in [1.29, 1.82) is 5.41 Å². The molecule has 0 aromatic rings. The minimum absolute atomic E-state index is 0.144. The molecule has 1 N–H and O–H groups in total. The number of aromatic nitrogens is 2. The fourth-order valence-electron chi connectivity index (χ4n) is 0.537. The van der Waals surface area contributed by atoms with Gasteiger partial charge in [-0.3, -0.25) is 9.93 Å². The molecule has 0 aromatic heterocycles. The molecule has 0 aromatic carbocycles. The number of rotatable bonds is 0. The average Bonchev–Trinajstić information content (AvgIpc) is 2.13. The van der Waals surface area contributed by atoms with Gasteiger partial charge in [0, 0.05) is 0 Å². The zero-order valence-electron chi connectivity index (χ0n) is 3.71. The molecule has 2 heterocycles.